The number of nitrogens with one attached hydrogen (secondary N) is 1. The van der Waals surface area contributed by atoms with Crippen molar-refractivity contribution in [1.82, 2.24) is 0 Å². The Labute approximate surface area is 121 Å². The minimum Gasteiger partial charge on any atom is -0.506 e. The van der Waals surface area contributed by atoms with E-state index in [2.05, 4.69) is 5.32 Å². The molecular weight excluding hydrogens is 280 g/mol. The van der Waals surface area contributed by atoms with E-state index < -0.39 is 4.92 Å². The first-order valence-electron chi connectivity index (χ1n) is 5.94. The van der Waals surface area contributed by atoms with Gasteiger partial charge in [-0.2, -0.15) is 0 Å². The van der Waals surface area contributed by atoms with Crippen LogP contribution in [0.2, 0.25) is 5.02 Å². The average Bonchev–Trinajstić information content (AvgIpc) is 2.41. The van der Waals surface area contributed by atoms with Crippen molar-refractivity contribution in [3.8, 4) is 5.75 Å². The van der Waals surface area contributed by atoms with Gasteiger partial charge in [0.2, 0.25) is 0 Å². The van der Waals surface area contributed by atoms with Crippen molar-refractivity contribution in [2.24, 2.45) is 0 Å². The zero-order valence-corrected chi connectivity index (χ0v) is 11.5. The molecule has 2 rings (SSSR count). The summed E-state index contributed by atoms with van der Waals surface area (Å²) >= 11 is 5.82. The molecule has 0 aromatic heterocycles. The van der Waals surface area contributed by atoms with Crippen LogP contribution in [0.4, 0.5) is 11.4 Å². The highest BCUT2D eigenvalue weighted by molar-refractivity contribution is 6.32. The fourth-order valence-electron chi connectivity index (χ4n) is 1.82. The summed E-state index contributed by atoms with van der Waals surface area (Å²) in [6, 6.07) is 9.96. The first kappa shape index (κ1) is 14.1. The zero-order chi connectivity index (χ0) is 14.7. The van der Waals surface area contributed by atoms with E-state index in [1.165, 1.54) is 6.07 Å². The Morgan fingerprint density at radius 1 is 1.35 bits per heavy atom. The number of nitro groups is 1. The lowest BCUT2D eigenvalue weighted by Gasteiger charge is -2.09. The standard InChI is InChI=1S/C14H13ClN2O3/c1-9-5-6-11(7-13(9)17(19)20)16-8-10-3-2-4-12(15)14(10)18/h2-7,16,18H,8H2,1H3. The van der Waals surface area contributed by atoms with Gasteiger partial charge in [-0.3, -0.25) is 10.1 Å². The summed E-state index contributed by atoms with van der Waals surface area (Å²) in [4.78, 5) is 10.4. The topological polar surface area (TPSA) is 75.4 Å². The van der Waals surface area contributed by atoms with E-state index in [9.17, 15) is 15.2 Å². The van der Waals surface area contributed by atoms with Gasteiger partial charge in [0, 0.05) is 29.4 Å². The van der Waals surface area contributed by atoms with E-state index in [0.29, 0.717) is 23.4 Å². The summed E-state index contributed by atoms with van der Waals surface area (Å²) in [5.41, 5.74) is 1.90. The molecule has 0 aliphatic heterocycles. The van der Waals surface area contributed by atoms with Crippen molar-refractivity contribution < 1.29 is 10.0 Å². The third kappa shape index (κ3) is 3.00. The van der Waals surface area contributed by atoms with Gasteiger partial charge in [-0.1, -0.05) is 29.8 Å². The van der Waals surface area contributed by atoms with E-state index in [1.54, 1.807) is 37.3 Å². The number of phenols is 1. The minimum absolute atomic E-state index is 0.0169. The molecule has 104 valence electrons. The lowest BCUT2D eigenvalue weighted by atomic mass is 10.1. The second-order valence-electron chi connectivity index (χ2n) is 4.36. The van der Waals surface area contributed by atoms with E-state index in [4.69, 9.17) is 11.6 Å². The van der Waals surface area contributed by atoms with Crippen molar-refractivity contribution in [3.05, 3.63) is 62.7 Å². The number of phenolic OH excluding ortho intramolecular Hbond substituents is 1. The van der Waals surface area contributed by atoms with E-state index in [0.717, 1.165) is 0 Å². The molecule has 0 aliphatic rings. The average molecular weight is 293 g/mol. The van der Waals surface area contributed by atoms with Gasteiger partial charge in [0.15, 0.2) is 0 Å². The molecule has 0 atom stereocenters. The molecule has 2 N–H and O–H groups in total. The van der Waals surface area contributed by atoms with E-state index >= 15 is 0 Å². The lowest BCUT2D eigenvalue weighted by molar-refractivity contribution is -0.385. The van der Waals surface area contributed by atoms with Gasteiger partial charge in [-0.05, 0) is 19.1 Å². The van der Waals surface area contributed by atoms with Crippen molar-refractivity contribution >= 4 is 23.0 Å². The Bertz CT molecular complexity index is 659. The number of nitrogens with zero attached hydrogens (tertiary/aromatic N) is 1. The Hall–Kier alpha value is -2.27. The first-order valence-corrected chi connectivity index (χ1v) is 6.32. The molecule has 0 unspecified atom stereocenters. The molecule has 6 heteroatoms. The SMILES string of the molecule is Cc1ccc(NCc2cccc(Cl)c2O)cc1[N+](=O)[O-]. The van der Waals surface area contributed by atoms with E-state index in [-0.39, 0.29) is 16.5 Å². The Balaban J connectivity index is 2.17. The third-order valence-electron chi connectivity index (χ3n) is 2.96. The largest absolute Gasteiger partial charge is 0.506 e. The van der Waals surface area contributed by atoms with Crippen molar-refractivity contribution in [2.75, 3.05) is 5.32 Å². The van der Waals surface area contributed by atoms with Gasteiger partial charge < -0.3 is 10.4 Å². The van der Waals surface area contributed by atoms with Gasteiger partial charge in [0.25, 0.3) is 5.69 Å². The smallest absolute Gasteiger partial charge is 0.274 e. The Morgan fingerprint density at radius 2 is 2.10 bits per heavy atom. The molecule has 0 saturated carbocycles. The molecule has 0 amide bonds. The zero-order valence-electron chi connectivity index (χ0n) is 10.8. The van der Waals surface area contributed by atoms with Gasteiger partial charge in [0.1, 0.15) is 5.75 Å². The quantitative estimate of drug-likeness (QED) is 0.662. The Kier molecular flexibility index (Phi) is 4.10. The normalized spacial score (nSPS) is 10.3. The number of halogens is 1. The number of hydrogen-bond donors (Lipinski definition) is 2. The molecule has 2 aromatic rings. The molecule has 5 nitrogen and oxygen atoms in total. The summed E-state index contributed by atoms with van der Waals surface area (Å²) in [5.74, 6) is 0.0169. The summed E-state index contributed by atoms with van der Waals surface area (Å²) in [5, 5.41) is 24.0. The molecule has 0 radical (unpaired) electrons. The van der Waals surface area contributed by atoms with Crippen LogP contribution in [0, 0.1) is 17.0 Å². The van der Waals surface area contributed by atoms with Gasteiger partial charge in [-0.15, -0.1) is 0 Å². The predicted octanol–water partition coefficient (Wildman–Crippen LogP) is 3.87. The van der Waals surface area contributed by atoms with Crippen LogP contribution in [0.25, 0.3) is 0 Å². The monoisotopic (exact) mass is 292 g/mol. The summed E-state index contributed by atoms with van der Waals surface area (Å²) in [6.45, 7) is 2.01. The molecular formula is C14H13ClN2O3. The number of benzene rings is 2. The highest BCUT2D eigenvalue weighted by Gasteiger charge is 2.11. The maximum atomic E-state index is 10.9. The Morgan fingerprint density at radius 3 is 2.80 bits per heavy atom. The van der Waals surface area contributed by atoms with Gasteiger partial charge in [-0.25, -0.2) is 0 Å². The molecule has 20 heavy (non-hydrogen) atoms. The second-order valence-corrected chi connectivity index (χ2v) is 4.77. The van der Waals surface area contributed by atoms with Crippen LogP contribution in [0.1, 0.15) is 11.1 Å². The number of aromatic hydroxyl groups is 1. The predicted molar refractivity (Wildman–Crippen MR) is 78.3 cm³/mol. The highest BCUT2D eigenvalue weighted by atomic mass is 35.5. The van der Waals surface area contributed by atoms with Crippen LogP contribution in [-0.4, -0.2) is 10.0 Å². The summed E-state index contributed by atoms with van der Waals surface area (Å²) in [6.07, 6.45) is 0. The fraction of sp³-hybridized carbons (Fsp3) is 0.143. The number of para-hydroxylation sites is 1. The lowest BCUT2D eigenvalue weighted by Crippen LogP contribution is -2.01. The molecule has 0 spiro atoms. The van der Waals surface area contributed by atoms with E-state index in [1.807, 2.05) is 0 Å². The van der Waals surface area contributed by atoms with Crippen LogP contribution in [0.5, 0.6) is 5.75 Å². The van der Waals surface area contributed by atoms with Crippen molar-refractivity contribution in [3.63, 3.8) is 0 Å². The number of rotatable bonds is 4. The number of aryl methyl sites for hydroxylation is 1. The van der Waals surface area contributed by atoms with Crippen LogP contribution in [0.3, 0.4) is 0 Å². The van der Waals surface area contributed by atoms with Crippen molar-refractivity contribution in [2.45, 2.75) is 13.5 Å². The summed E-state index contributed by atoms with van der Waals surface area (Å²) in [7, 11) is 0. The summed E-state index contributed by atoms with van der Waals surface area (Å²) < 4.78 is 0. The first-order chi connectivity index (χ1) is 9.49. The number of anilines is 1. The maximum Gasteiger partial charge on any atom is 0.274 e. The molecule has 2 aromatic carbocycles. The minimum atomic E-state index is -0.419. The second kappa shape index (κ2) is 5.79. The maximum absolute atomic E-state index is 10.9. The van der Waals surface area contributed by atoms with Crippen LogP contribution < -0.4 is 5.32 Å². The fourth-order valence-corrected chi connectivity index (χ4v) is 2.01. The third-order valence-corrected chi connectivity index (χ3v) is 3.26. The van der Waals surface area contributed by atoms with Crippen LogP contribution >= 0.6 is 11.6 Å². The molecule has 0 heterocycles. The molecule has 0 bridgehead atoms. The van der Waals surface area contributed by atoms with Crippen molar-refractivity contribution in [1.29, 1.82) is 0 Å². The van der Waals surface area contributed by atoms with Gasteiger partial charge in [0.05, 0.1) is 9.95 Å². The van der Waals surface area contributed by atoms with Crippen LogP contribution in [0.15, 0.2) is 36.4 Å². The number of hydrogen-bond acceptors (Lipinski definition) is 4. The van der Waals surface area contributed by atoms with Crippen LogP contribution in [-0.2, 0) is 6.54 Å². The molecule has 0 aliphatic carbocycles. The molecule has 0 saturated heterocycles. The highest BCUT2D eigenvalue weighted by Crippen LogP contribution is 2.28. The molecule has 0 fully saturated rings. The number of nitro benzene ring substituents is 1. The van der Waals surface area contributed by atoms with Gasteiger partial charge >= 0.3 is 0 Å².